The summed E-state index contributed by atoms with van der Waals surface area (Å²) in [5, 5.41) is 12.5. The van der Waals surface area contributed by atoms with Gasteiger partial charge in [-0.25, -0.2) is 0 Å². The molecule has 0 aromatic heterocycles. The van der Waals surface area contributed by atoms with Gasteiger partial charge in [0.2, 0.25) is 5.91 Å². The molecule has 1 rings (SSSR count). The molecule has 1 aliphatic heterocycles. The van der Waals surface area contributed by atoms with Crippen LogP contribution in [0.4, 0.5) is 0 Å². The molecule has 4 nitrogen and oxygen atoms in total. The molecule has 0 radical (unpaired) electrons. The Morgan fingerprint density at radius 3 is 2.17 bits per heavy atom. The molecule has 0 aromatic carbocycles. The number of hydrogen-bond acceptors (Lipinski definition) is 3. The molecule has 1 unspecified atom stereocenters. The van der Waals surface area contributed by atoms with Gasteiger partial charge in [0, 0.05) is 0 Å². The molecule has 106 valence electrons. The maximum absolute atomic E-state index is 11.6. The van der Waals surface area contributed by atoms with E-state index in [-0.39, 0.29) is 29.0 Å². The quantitative estimate of drug-likeness (QED) is 0.607. The Labute approximate surface area is 111 Å². The molecule has 1 amide bonds. The van der Waals surface area contributed by atoms with Gasteiger partial charge in [-0.3, -0.25) is 4.79 Å². The van der Waals surface area contributed by atoms with Crippen LogP contribution in [-0.2, 0) is 9.22 Å². The van der Waals surface area contributed by atoms with Crippen molar-refractivity contribution in [1.29, 1.82) is 0 Å². The Bertz CT molecular complexity index is 323. The van der Waals surface area contributed by atoms with Crippen molar-refractivity contribution < 1.29 is 14.3 Å². The van der Waals surface area contributed by atoms with Crippen LogP contribution in [0, 0.1) is 5.92 Å². The first-order valence-electron chi connectivity index (χ1n) is 6.63. The number of carbonyl (C=O) groups is 1. The van der Waals surface area contributed by atoms with Gasteiger partial charge in [0.1, 0.15) is 0 Å². The summed E-state index contributed by atoms with van der Waals surface area (Å²) >= 11 is 0. The second-order valence-electron chi connectivity index (χ2n) is 6.88. The topological polar surface area (TPSA) is 58.6 Å². The first-order chi connectivity index (χ1) is 7.97. The van der Waals surface area contributed by atoms with E-state index in [0.717, 1.165) is 0 Å². The molecule has 0 spiro atoms. The largest absolute Gasteiger partial charge is 0.413 e. The number of nitrogens with one attached hydrogen (secondary N) is 1. The van der Waals surface area contributed by atoms with E-state index in [2.05, 4.69) is 39.2 Å². The summed E-state index contributed by atoms with van der Waals surface area (Å²) in [7, 11) is -1.87. The average molecular weight is 273 g/mol. The molecule has 1 heterocycles. The van der Waals surface area contributed by atoms with Crippen LogP contribution in [0.25, 0.3) is 0 Å². The summed E-state index contributed by atoms with van der Waals surface area (Å²) in [5.41, 5.74) is 0. The second kappa shape index (κ2) is 4.94. The van der Waals surface area contributed by atoms with E-state index in [1.807, 2.05) is 6.92 Å². The van der Waals surface area contributed by atoms with Crippen molar-refractivity contribution in [3.63, 3.8) is 0 Å². The second-order valence-corrected chi connectivity index (χ2v) is 11.6. The summed E-state index contributed by atoms with van der Waals surface area (Å²) < 4.78 is 6.22. The van der Waals surface area contributed by atoms with Crippen LogP contribution in [0.15, 0.2) is 0 Å². The highest BCUT2D eigenvalue weighted by molar-refractivity contribution is 6.74. The number of hydrogen-bond donors (Lipinski definition) is 2. The molecule has 0 aromatic rings. The van der Waals surface area contributed by atoms with E-state index in [1.165, 1.54) is 0 Å². The van der Waals surface area contributed by atoms with E-state index in [1.54, 1.807) is 6.92 Å². The van der Waals surface area contributed by atoms with Gasteiger partial charge in [-0.2, -0.15) is 0 Å². The van der Waals surface area contributed by atoms with Crippen LogP contribution in [-0.4, -0.2) is 37.6 Å². The standard InChI is InChI=1S/C13H27NO3Si/c1-8(15)11-10(12(16)14-11)9(2)17-18(6,7)13(3,4)5/h8-11,15H,1-7H3,(H,14,16)/t8-,9?,10+,11-/m0/s1. The Hall–Kier alpha value is -0.393. The number of aliphatic hydroxyl groups is 1. The lowest BCUT2D eigenvalue weighted by molar-refractivity contribution is -0.144. The fourth-order valence-corrected chi connectivity index (χ4v) is 3.49. The monoisotopic (exact) mass is 273 g/mol. The molecule has 1 fully saturated rings. The SMILES string of the molecule is CC(O[Si](C)(C)C(C)(C)C)[C@H]1C(=O)N[C@H]1[C@H](C)O. The van der Waals surface area contributed by atoms with Crippen LogP contribution in [0.1, 0.15) is 34.6 Å². The zero-order valence-corrected chi connectivity index (χ0v) is 13.6. The number of amides is 1. The molecule has 1 saturated heterocycles. The maximum atomic E-state index is 11.6. The summed E-state index contributed by atoms with van der Waals surface area (Å²) in [6, 6.07) is -0.169. The van der Waals surface area contributed by atoms with Crippen LogP contribution in [0.2, 0.25) is 18.1 Å². The van der Waals surface area contributed by atoms with Crippen molar-refractivity contribution in [1.82, 2.24) is 5.32 Å². The zero-order chi connectivity index (χ0) is 14.3. The van der Waals surface area contributed by atoms with Gasteiger partial charge in [-0.05, 0) is 32.0 Å². The molecule has 2 N–H and O–H groups in total. The summed E-state index contributed by atoms with van der Waals surface area (Å²) in [4.78, 5) is 11.6. The van der Waals surface area contributed by atoms with Crippen LogP contribution < -0.4 is 5.32 Å². The van der Waals surface area contributed by atoms with E-state index in [9.17, 15) is 9.90 Å². The first kappa shape index (κ1) is 15.7. The number of carbonyl (C=O) groups excluding carboxylic acids is 1. The highest BCUT2D eigenvalue weighted by Gasteiger charge is 2.48. The molecule has 4 atom stereocenters. The van der Waals surface area contributed by atoms with Crippen molar-refractivity contribution in [3.05, 3.63) is 0 Å². The fraction of sp³-hybridized carbons (Fsp3) is 0.923. The van der Waals surface area contributed by atoms with Gasteiger partial charge in [-0.15, -0.1) is 0 Å². The maximum Gasteiger partial charge on any atom is 0.228 e. The van der Waals surface area contributed by atoms with Crippen molar-refractivity contribution in [2.45, 2.75) is 71.0 Å². The summed E-state index contributed by atoms with van der Waals surface area (Å²) in [6.07, 6.45) is -0.669. The lowest BCUT2D eigenvalue weighted by Crippen LogP contribution is -2.67. The Morgan fingerprint density at radius 1 is 1.33 bits per heavy atom. The van der Waals surface area contributed by atoms with Gasteiger partial charge in [-0.1, -0.05) is 20.8 Å². The minimum absolute atomic E-state index is 0.00731. The highest BCUT2D eigenvalue weighted by Crippen LogP contribution is 2.39. The predicted octanol–water partition coefficient (Wildman–Crippen LogP) is 1.89. The predicted molar refractivity (Wildman–Crippen MR) is 74.8 cm³/mol. The van der Waals surface area contributed by atoms with E-state index in [4.69, 9.17) is 4.43 Å². The Balaban J connectivity index is 2.71. The number of β-lactam (4-membered cyclic amide) rings is 1. The Morgan fingerprint density at radius 2 is 1.83 bits per heavy atom. The minimum atomic E-state index is -1.87. The fourth-order valence-electron chi connectivity index (χ4n) is 2.06. The molecule has 1 aliphatic rings. The third kappa shape index (κ3) is 2.95. The first-order valence-corrected chi connectivity index (χ1v) is 9.54. The summed E-state index contributed by atoms with van der Waals surface area (Å²) in [5.74, 6) is -0.230. The van der Waals surface area contributed by atoms with E-state index in [0.29, 0.717) is 0 Å². The van der Waals surface area contributed by atoms with Crippen molar-refractivity contribution in [2.75, 3.05) is 0 Å². The molecule has 5 heteroatoms. The molecule has 0 bridgehead atoms. The van der Waals surface area contributed by atoms with Crippen molar-refractivity contribution in [2.24, 2.45) is 5.92 Å². The molecular weight excluding hydrogens is 246 g/mol. The zero-order valence-electron chi connectivity index (χ0n) is 12.6. The Kier molecular flexibility index (Phi) is 4.30. The lowest BCUT2D eigenvalue weighted by Gasteiger charge is -2.46. The number of aliphatic hydroxyl groups excluding tert-OH is 1. The normalized spacial score (nSPS) is 28.3. The van der Waals surface area contributed by atoms with Gasteiger partial charge in [0.05, 0.1) is 24.2 Å². The third-order valence-corrected chi connectivity index (χ3v) is 8.88. The molecule has 0 saturated carbocycles. The van der Waals surface area contributed by atoms with Gasteiger partial charge in [0.15, 0.2) is 8.32 Å². The van der Waals surface area contributed by atoms with Crippen LogP contribution in [0.3, 0.4) is 0 Å². The lowest BCUT2D eigenvalue weighted by atomic mass is 9.83. The highest BCUT2D eigenvalue weighted by atomic mass is 28.4. The average Bonchev–Trinajstić information content (AvgIpc) is 2.10. The van der Waals surface area contributed by atoms with Gasteiger partial charge in [0.25, 0.3) is 0 Å². The van der Waals surface area contributed by atoms with E-state index < -0.39 is 14.4 Å². The van der Waals surface area contributed by atoms with Crippen LogP contribution in [0.5, 0.6) is 0 Å². The molecule has 0 aliphatic carbocycles. The summed E-state index contributed by atoms with van der Waals surface area (Å²) in [6.45, 7) is 14.5. The van der Waals surface area contributed by atoms with E-state index >= 15 is 0 Å². The van der Waals surface area contributed by atoms with Gasteiger partial charge < -0.3 is 14.8 Å². The smallest absolute Gasteiger partial charge is 0.228 e. The number of rotatable bonds is 4. The third-order valence-electron chi connectivity index (χ3n) is 4.31. The minimum Gasteiger partial charge on any atom is -0.413 e. The molecule has 18 heavy (non-hydrogen) atoms. The van der Waals surface area contributed by atoms with Crippen molar-refractivity contribution >= 4 is 14.2 Å². The van der Waals surface area contributed by atoms with Gasteiger partial charge >= 0.3 is 0 Å². The van der Waals surface area contributed by atoms with Crippen molar-refractivity contribution in [3.8, 4) is 0 Å². The molecular formula is C13H27NO3Si. The van der Waals surface area contributed by atoms with Crippen LogP contribution >= 0.6 is 0 Å².